The first kappa shape index (κ1) is 22.3. The Labute approximate surface area is 199 Å². The highest BCUT2D eigenvalue weighted by Crippen LogP contribution is 2.35. The molecule has 0 spiro atoms. The van der Waals surface area contributed by atoms with E-state index in [1.54, 1.807) is 47.4 Å². The van der Waals surface area contributed by atoms with E-state index in [0.29, 0.717) is 44.5 Å². The number of ether oxygens (including phenoxy) is 2. The first-order chi connectivity index (χ1) is 15.4. The van der Waals surface area contributed by atoms with Crippen LogP contribution in [0.2, 0.25) is 15.1 Å². The molecule has 9 heteroatoms. The average molecular weight is 492 g/mol. The lowest BCUT2D eigenvalue weighted by Gasteiger charge is -2.30. The summed E-state index contributed by atoms with van der Waals surface area (Å²) in [6.45, 7) is 0.0479. The molecular formula is C23H17Cl3N2O4. The molecule has 1 N–H and O–H groups in total. The van der Waals surface area contributed by atoms with Gasteiger partial charge in [-0.15, -0.1) is 0 Å². The van der Waals surface area contributed by atoms with Gasteiger partial charge in [0.05, 0.1) is 17.3 Å². The number of amides is 2. The van der Waals surface area contributed by atoms with E-state index in [0.717, 1.165) is 5.56 Å². The molecule has 3 aromatic rings. The van der Waals surface area contributed by atoms with Crippen LogP contribution in [0, 0.1) is 0 Å². The summed E-state index contributed by atoms with van der Waals surface area (Å²) >= 11 is 17.9. The average Bonchev–Trinajstić information content (AvgIpc) is 2.76. The van der Waals surface area contributed by atoms with Gasteiger partial charge in [0.2, 0.25) is 0 Å². The highest BCUT2D eigenvalue weighted by atomic mass is 35.5. The number of benzene rings is 3. The molecule has 1 heterocycles. The third-order valence-corrected chi connectivity index (χ3v) is 5.47. The Morgan fingerprint density at radius 2 is 1.75 bits per heavy atom. The Hall–Kier alpha value is -2.93. The maximum Gasteiger partial charge on any atom is 0.265 e. The third kappa shape index (κ3) is 5.27. The lowest BCUT2D eigenvalue weighted by atomic mass is 10.1. The van der Waals surface area contributed by atoms with Crippen LogP contribution in [0.4, 0.5) is 11.4 Å². The van der Waals surface area contributed by atoms with Crippen LogP contribution in [0.25, 0.3) is 0 Å². The van der Waals surface area contributed by atoms with Gasteiger partial charge in [-0.05, 0) is 54.1 Å². The van der Waals surface area contributed by atoms with E-state index in [1.165, 1.54) is 6.07 Å². The zero-order chi connectivity index (χ0) is 22.7. The summed E-state index contributed by atoms with van der Waals surface area (Å²) in [6, 6.07) is 17.1. The van der Waals surface area contributed by atoms with E-state index in [4.69, 9.17) is 44.3 Å². The highest BCUT2D eigenvalue weighted by molar-refractivity contribution is 6.35. The van der Waals surface area contributed by atoms with Crippen LogP contribution < -0.4 is 19.7 Å². The Morgan fingerprint density at radius 1 is 1.00 bits per heavy atom. The summed E-state index contributed by atoms with van der Waals surface area (Å²) in [5, 5.41) is 4.16. The number of hydrogen-bond acceptors (Lipinski definition) is 4. The van der Waals surface area contributed by atoms with Gasteiger partial charge in [0.25, 0.3) is 11.8 Å². The van der Waals surface area contributed by atoms with Crippen LogP contribution in [0.15, 0.2) is 60.7 Å². The topological polar surface area (TPSA) is 67.9 Å². The van der Waals surface area contributed by atoms with Crippen molar-refractivity contribution < 1.29 is 19.1 Å². The Morgan fingerprint density at radius 3 is 2.50 bits per heavy atom. The summed E-state index contributed by atoms with van der Waals surface area (Å²) in [6.07, 6.45) is 0. The number of nitrogens with one attached hydrogen (secondary N) is 1. The van der Waals surface area contributed by atoms with Gasteiger partial charge in [0, 0.05) is 15.7 Å². The molecular weight excluding hydrogens is 475 g/mol. The molecule has 6 nitrogen and oxygen atoms in total. The fourth-order valence-corrected chi connectivity index (χ4v) is 3.75. The van der Waals surface area contributed by atoms with Crippen molar-refractivity contribution in [3.8, 4) is 11.5 Å². The number of anilines is 2. The van der Waals surface area contributed by atoms with Crippen molar-refractivity contribution in [2.24, 2.45) is 0 Å². The molecule has 2 amide bonds. The lowest BCUT2D eigenvalue weighted by Crippen LogP contribution is -2.38. The van der Waals surface area contributed by atoms with E-state index >= 15 is 0 Å². The largest absolute Gasteiger partial charge is 0.482 e. The summed E-state index contributed by atoms with van der Waals surface area (Å²) in [5.74, 6) is 0.338. The molecule has 0 radical (unpaired) electrons. The molecule has 0 saturated carbocycles. The van der Waals surface area contributed by atoms with E-state index in [-0.39, 0.29) is 25.0 Å². The second-order valence-corrected chi connectivity index (χ2v) is 8.27. The highest BCUT2D eigenvalue weighted by Gasteiger charge is 2.26. The number of fused-ring (bicyclic) bond motifs is 1. The van der Waals surface area contributed by atoms with Gasteiger partial charge >= 0.3 is 0 Å². The Bertz CT molecular complexity index is 1170. The maximum atomic E-state index is 12.5. The van der Waals surface area contributed by atoms with Gasteiger partial charge in [-0.3, -0.25) is 9.59 Å². The summed E-state index contributed by atoms with van der Waals surface area (Å²) in [4.78, 5) is 26.5. The summed E-state index contributed by atoms with van der Waals surface area (Å²) in [7, 11) is 0. The first-order valence-electron chi connectivity index (χ1n) is 9.58. The molecule has 0 unspecified atom stereocenters. The van der Waals surface area contributed by atoms with Crippen molar-refractivity contribution in [1.82, 2.24) is 0 Å². The van der Waals surface area contributed by atoms with Gasteiger partial charge in [0.1, 0.15) is 11.5 Å². The van der Waals surface area contributed by atoms with Crippen LogP contribution in [-0.2, 0) is 16.1 Å². The van der Waals surface area contributed by atoms with Gasteiger partial charge in [-0.2, -0.15) is 0 Å². The van der Waals surface area contributed by atoms with Gasteiger partial charge in [-0.25, -0.2) is 0 Å². The monoisotopic (exact) mass is 490 g/mol. The quantitative estimate of drug-likeness (QED) is 0.488. The second-order valence-electron chi connectivity index (χ2n) is 6.99. The van der Waals surface area contributed by atoms with Crippen LogP contribution in [0.3, 0.4) is 0 Å². The number of nitrogens with zero attached hydrogens (tertiary/aromatic N) is 1. The van der Waals surface area contributed by atoms with Gasteiger partial charge in [0.15, 0.2) is 13.2 Å². The van der Waals surface area contributed by atoms with Gasteiger partial charge < -0.3 is 19.7 Å². The predicted octanol–water partition coefficient (Wildman–Crippen LogP) is 5.59. The normalized spacial score (nSPS) is 12.7. The molecule has 1 aliphatic heterocycles. The van der Waals surface area contributed by atoms with Crippen molar-refractivity contribution >= 4 is 58.0 Å². The standard InChI is InChI=1S/C23H17Cl3N2O4/c24-15-3-1-14(2-4-15)11-28-19-10-17(6-8-21(19)32-13-23(28)30)27-22(29)12-31-20-7-5-16(25)9-18(20)26/h1-10H,11-13H2,(H,27,29). The first-order valence-corrected chi connectivity index (χ1v) is 10.7. The van der Waals surface area contributed by atoms with Crippen molar-refractivity contribution in [3.05, 3.63) is 81.3 Å². The number of carbonyl (C=O) groups is 2. The third-order valence-electron chi connectivity index (χ3n) is 4.69. The number of carbonyl (C=O) groups excluding carboxylic acids is 2. The zero-order valence-corrected chi connectivity index (χ0v) is 18.9. The van der Waals surface area contributed by atoms with E-state index in [1.807, 2.05) is 12.1 Å². The Kier molecular flexibility index (Phi) is 6.74. The number of hydrogen-bond donors (Lipinski definition) is 1. The fourth-order valence-electron chi connectivity index (χ4n) is 3.16. The van der Waals surface area contributed by atoms with E-state index in [2.05, 4.69) is 5.32 Å². The van der Waals surface area contributed by atoms with Crippen LogP contribution in [0.5, 0.6) is 11.5 Å². The molecule has 0 fully saturated rings. The molecule has 4 rings (SSSR count). The van der Waals surface area contributed by atoms with Crippen molar-refractivity contribution in [2.75, 3.05) is 23.4 Å². The van der Waals surface area contributed by atoms with Crippen molar-refractivity contribution in [1.29, 1.82) is 0 Å². The molecule has 0 bridgehead atoms. The minimum Gasteiger partial charge on any atom is -0.482 e. The van der Waals surface area contributed by atoms with E-state index in [9.17, 15) is 9.59 Å². The van der Waals surface area contributed by atoms with Crippen molar-refractivity contribution in [2.45, 2.75) is 6.54 Å². The van der Waals surface area contributed by atoms with Crippen LogP contribution in [0.1, 0.15) is 5.56 Å². The number of rotatable bonds is 6. The molecule has 1 aliphatic rings. The predicted molar refractivity (Wildman–Crippen MR) is 125 cm³/mol. The molecule has 0 atom stereocenters. The molecule has 0 saturated heterocycles. The SMILES string of the molecule is O=C(COc1ccc(Cl)cc1Cl)Nc1ccc2c(c1)N(Cc1ccc(Cl)cc1)C(=O)CO2. The molecule has 164 valence electrons. The second kappa shape index (κ2) is 9.69. The maximum absolute atomic E-state index is 12.5. The van der Waals surface area contributed by atoms with Crippen LogP contribution in [-0.4, -0.2) is 25.0 Å². The molecule has 0 aromatic heterocycles. The van der Waals surface area contributed by atoms with Crippen LogP contribution >= 0.6 is 34.8 Å². The Balaban J connectivity index is 1.46. The molecule has 0 aliphatic carbocycles. The minimum atomic E-state index is -0.386. The summed E-state index contributed by atoms with van der Waals surface area (Å²) < 4.78 is 11.0. The summed E-state index contributed by atoms with van der Waals surface area (Å²) in [5.41, 5.74) is 1.98. The van der Waals surface area contributed by atoms with Gasteiger partial charge in [-0.1, -0.05) is 46.9 Å². The number of halogens is 3. The minimum absolute atomic E-state index is 0.0536. The zero-order valence-electron chi connectivity index (χ0n) is 16.6. The van der Waals surface area contributed by atoms with E-state index < -0.39 is 0 Å². The van der Waals surface area contributed by atoms with Crippen molar-refractivity contribution in [3.63, 3.8) is 0 Å². The lowest BCUT2D eigenvalue weighted by molar-refractivity contribution is -0.121. The molecule has 3 aromatic carbocycles. The molecule has 32 heavy (non-hydrogen) atoms. The smallest absolute Gasteiger partial charge is 0.265 e. The fraction of sp³-hybridized carbons (Fsp3) is 0.130.